The Hall–Kier alpha value is -2.55. The lowest BCUT2D eigenvalue weighted by Crippen LogP contribution is -1.95. The summed E-state index contributed by atoms with van der Waals surface area (Å²) in [5.74, 6) is -0.538. The molecular weight excluding hydrogens is 252 g/mol. The zero-order valence-corrected chi connectivity index (χ0v) is 11.4. The molecular formula is C17H16O3. The van der Waals surface area contributed by atoms with Gasteiger partial charge in [0.15, 0.2) is 5.78 Å². The van der Waals surface area contributed by atoms with Gasteiger partial charge in [-0.15, -0.1) is 0 Å². The summed E-state index contributed by atoms with van der Waals surface area (Å²) < 4.78 is 0. The number of hydrogen-bond donors (Lipinski definition) is 2. The number of aromatic hydroxyl groups is 2. The molecule has 2 aromatic rings. The molecule has 2 N–H and O–H groups in total. The van der Waals surface area contributed by atoms with Gasteiger partial charge in [0.2, 0.25) is 0 Å². The Labute approximate surface area is 117 Å². The first-order valence-electron chi connectivity index (χ1n) is 6.29. The van der Waals surface area contributed by atoms with Crippen molar-refractivity contribution in [2.45, 2.75) is 13.8 Å². The number of allylic oxidation sites excluding steroid dienone is 1. The molecule has 0 spiro atoms. The lowest BCUT2D eigenvalue weighted by Gasteiger charge is -2.03. The fraction of sp³-hybridized carbons (Fsp3) is 0.118. The van der Waals surface area contributed by atoms with Crippen LogP contribution in [0.4, 0.5) is 0 Å². The van der Waals surface area contributed by atoms with Gasteiger partial charge >= 0.3 is 0 Å². The summed E-state index contributed by atoms with van der Waals surface area (Å²) in [6.07, 6.45) is 3.12. The van der Waals surface area contributed by atoms with E-state index >= 15 is 0 Å². The number of carbonyl (C=O) groups is 1. The smallest absolute Gasteiger partial charge is 0.189 e. The van der Waals surface area contributed by atoms with Gasteiger partial charge in [-0.1, -0.05) is 29.8 Å². The molecule has 0 saturated heterocycles. The van der Waals surface area contributed by atoms with Crippen LogP contribution in [-0.4, -0.2) is 16.0 Å². The molecule has 2 aromatic carbocycles. The molecule has 3 nitrogen and oxygen atoms in total. The summed E-state index contributed by atoms with van der Waals surface area (Å²) in [4.78, 5) is 12.0. The molecule has 102 valence electrons. The molecule has 0 saturated carbocycles. The Bertz CT molecular complexity index is 685. The number of ketones is 1. The molecule has 20 heavy (non-hydrogen) atoms. The summed E-state index contributed by atoms with van der Waals surface area (Å²) in [6.45, 7) is 3.95. The van der Waals surface area contributed by atoms with Crippen LogP contribution in [-0.2, 0) is 0 Å². The van der Waals surface area contributed by atoms with Gasteiger partial charge in [0.05, 0.1) is 5.56 Å². The van der Waals surface area contributed by atoms with Crippen LogP contribution in [0, 0.1) is 13.8 Å². The van der Waals surface area contributed by atoms with Gasteiger partial charge in [-0.3, -0.25) is 4.79 Å². The summed E-state index contributed by atoms with van der Waals surface area (Å²) in [6, 6.07) is 9.88. The second-order valence-corrected chi connectivity index (χ2v) is 4.76. The molecule has 0 fully saturated rings. The molecule has 0 aliphatic heterocycles. The van der Waals surface area contributed by atoms with Crippen LogP contribution in [0.3, 0.4) is 0 Å². The van der Waals surface area contributed by atoms with E-state index in [-0.39, 0.29) is 22.8 Å². The van der Waals surface area contributed by atoms with E-state index in [9.17, 15) is 15.0 Å². The zero-order chi connectivity index (χ0) is 14.7. The van der Waals surface area contributed by atoms with Crippen molar-refractivity contribution in [2.24, 2.45) is 0 Å². The number of hydrogen-bond acceptors (Lipinski definition) is 3. The molecule has 0 atom stereocenters. The topological polar surface area (TPSA) is 57.5 Å². The number of rotatable bonds is 3. The van der Waals surface area contributed by atoms with Crippen LogP contribution in [0.25, 0.3) is 6.08 Å². The van der Waals surface area contributed by atoms with E-state index in [0.717, 1.165) is 16.7 Å². The fourth-order valence-corrected chi connectivity index (χ4v) is 1.92. The number of aryl methyl sites for hydroxylation is 2. The molecule has 0 unspecified atom stereocenters. The Kier molecular flexibility index (Phi) is 3.89. The third-order valence-electron chi connectivity index (χ3n) is 3.09. The van der Waals surface area contributed by atoms with Crippen LogP contribution >= 0.6 is 0 Å². The highest BCUT2D eigenvalue weighted by Gasteiger charge is 2.09. The van der Waals surface area contributed by atoms with Crippen molar-refractivity contribution in [3.63, 3.8) is 0 Å². The maximum Gasteiger partial charge on any atom is 0.189 e. The van der Waals surface area contributed by atoms with Crippen LogP contribution in [0.1, 0.15) is 27.0 Å². The van der Waals surface area contributed by atoms with Gasteiger partial charge in [-0.05, 0) is 49.2 Å². The fourth-order valence-electron chi connectivity index (χ4n) is 1.92. The highest BCUT2D eigenvalue weighted by molar-refractivity contribution is 6.08. The Morgan fingerprint density at radius 2 is 1.80 bits per heavy atom. The Morgan fingerprint density at radius 1 is 1.05 bits per heavy atom. The monoisotopic (exact) mass is 268 g/mol. The van der Waals surface area contributed by atoms with Gasteiger partial charge in [-0.25, -0.2) is 0 Å². The molecule has 2 rings (SSSR count). The molecule has 3 heteroatoms. The quantitative estimate of drug-likeness (QED) is 0.508. The van der Waals surface area contributed by atoms with Crippen molar-refractivity contribution in [3.05, 3.63) is 64.7 Å². The summed E-state index contributed by atoms with van der Waals surface area (Å²) in [7, 11) is 0. The van der Waals surface area contributed by atoms with Crippen LogP contribution in [0.5, 0.6) is 11.5 Å². The third-order valence-corrected chi connectivity index (χ3v) is 3.09. The van der Waals surface area contributed by atoms with E-state index in [1.165, 1.54) is 24.3 Å². The van der Waals surface area contributed by atoms with Gasteiger partial charge in [-0.2, -0.15) is 0 Å². The van der Waals surface area contributed by atoms with Crippen molar-refractivity contribution in [3.8, 4) is 11.5 Å². The van der Waals surface area contributed by atoms with Crippen molar-refractivity contribution < 1.29 is 15.0 Å². The molecule has 0 aliphatic carbocycles. The van der Waals surface area contributed by atoms with Crippen molar-refractivity contribution >= 4 is 11.9 Å². The van der Waals surface area contributed by atoms with E-state index in [1.807, 2.05) is 32.0 Å². The maximum absolute atomic E-state index is 12.0. The lowest BCUT2D eigenvalue weighted by molar-refractivity contribution is 0.104. The predicted octanol–water partition coefficient (Wildman–Crippen LogP) is 3.61. The Morgan fingerprint density at radius 3 is 2.55 bits per heavy atom. The van der Waals surface area contributed by atoms with Crippen LogP contribution in [0.15, 0.2) is 42.5 Å². The first kappa shape index (κ1) is 13.9. The SMILES string of the molecule is Cc1ccc(C)c(/C=C/C(=O)c2cc(O)ccc2O)c1. The third kappa shape index (κ3) is 3.06. The van der Waals surface area contributed by atoms with Crippen LogP contribution < -0.4 is 0 Å². The largest absolute Gasteiger partial charge is 0.508 e. The highest BCUT2D eigenvalue weighted by atomic mass is 16.3. The summed E-state index contributed by atoms with van der Waals surface area (Å²) in [5, 5.41) is 19.0. The Balaban J connectivity index is 2.29. The van der Waals surface area contributed by atoms with Gasteiger partial charge in [0.25, 0.3) is 0 Å². The number of carbonyl (C=O) groups excluding carboxylic acids is 1. The van der Waals surface area contributed by atoms with Gasteiger partial charge < -0.3 is 10.2 Å². The van der Waals surface area contributed by atoms with Crippen molar-refractivity contribution in [2.75, 3.05) is 0 Å². The number of phenols is 2. The second-order valence-electron chi connectivity index (χ2n) is 4.76. The summed E-state index contributed by atoms with van der Waals surface area (Å²) in [5.41, 5.74) is 3.23. The minimum Gasteiger partial charge on any atom is -0.508 e. The van der Waals surface area contributed by atoms with E-state index in [0.29, 0.717) is 0 Å². The maximum atomic E-state index is 12.0. The second kappa shape index (κ2) is 5.61. The highest BCUT2D eigenvalue weighted by Crippen LogP contribution is 2.23. The number of phenolic OH excluding ortho intramolecular Hbond substituents is 2. The molecule has 0 aliphatic rings. The molecule has 0 amide bonds. The van der Waals surface area contributed by atoms with E-state index in [1.54, 1.807) is 6.08 Å². The number of benzene rings is 2. The van der Waals surface area contributed by atoms with Gasteiger partial charge in [0, 0.05) is 0 Å². The molecule has 0 aromatic heterocycles. The van der Waals surface area contributed by atoms with E-state index < -0.39 is 0 Å². The molecule has 0 radical (unpaired) electrons. The predicted molar refractivity (Wildman–Crippen MR) is 79.1 cm³/mol. The minimum atomic E-state index is -0.348. The average molecular weight is 268 g/mol. The van der Waals surface area contributed by atoms with Crippen molar-refractivity contribution in [1.82, 2.24) is 0 Å². The van der Waals surface area contributed by atoms with Gasteiger partial charge in [0.1, 0.15) is 11.5 Å². The lowest BCUT2D eigenvalue weighted by atomic mass is 10.0. The normalized spacial score (nSPS) is 10.9. The minimum absolute atomic E-state index is 0.0497. The zero-order valence-electron chi connectivity index (χ0n) is 11.4. The molecule has 0 bridgehead atoms. The van der Waals surface area contributed by atoms with Crippen LogP contribution in [0.2, 0.25) is 0 Å². The average Bonchev–Trinajstić information content (AvgIpc) is 2.42. The summed E-state index contributed by atoms with van der Waals surface area (Å²) >= 11 is 0. The molecule has 0 heterocycles. The first-order valence-corrected chi connectivity index (χ1v) is 6.29. The standard InChI is InChI=1S/C17H16O3/c1-11-3-4-12(2)13(9-11)5-7-16(19)15-10-14(18)6-8-17(15)20/h3-10,18,20H,1-2H3/b7-5+. The first-order chi connectivity index (χ1) is 9.47. The van der Waals surface area contributed by atoms with E-state index in [4.69, 9.17) is 0 Å². The van der Waals surface area contributed by atoms with E-state index in [2.05, 4.69) is 0 Å². The van der Waals surface area contributed by atoms with Crippen molar-refractivity contribution in [1.29, 1.82) is 0 Å².